The van der Waals surface area contributed by atoms with Crippen molar-refractivity contribution in [3.05, 3.63) is 48.0 Å². The monoisotopic (exact) mass is 335 g/mol. The Morgan fingerprint density at radius 3 is 2.74 bits per heavy atom. The average molecular weight is 335 g/mol. The van der Waals surface area contributed by atoms with E-state index in [0.29, 0.717) is 5.69 Å². The van der Waals surface area contributed by atoms with Crippen LogP contribution in [0.15, 0.2) is 36.5 Å². The molecule has 0 spiro atoms. The van der Waals surface area contributed by atoms with Crippen molar-refractivity contribution in [2.24, 2.45) is 0 Å². The zero-order valence-electron chi connectivity index (χ0n) is 12.7. The highest BCUT2D eigenvalue weighted by molar-refractivity contribution is 7.85. The van der Waals surface area contributed by atoms with Gasteiger partial charge >= 0.3 is 0 Å². The molecular weight excluding hydrogens is 317 g/mol. The molecule has 7 heteroatoms. The molecule has 0 unspecified atom stereocenters. The summed E-state index contributed by atoms with van der Waals surface area (Å²) in [5.74, 6) is -0.255. The number of halogens is 1. The lowest BCUT2D eigenvalue weighted by atomic mass is 10.3. The van der Waals surface area contributed by atoms with E-state index in [1.807, 2.05) is 0 Å². The minimum Gasteiger partial charge on any atom is -0.352 e. The van der Waals surface area contributed by atoms with Crippen LogP contribution in [-0.4, -0.2) is 31.2 Å². The molecule has 1 amide bonds. The Morgan fingerprint density at radius 2 is 2.09 bits per heavy atom. The van der Waals surface area contributed by atoms with E-state index in [9.17, 15) is 13.4 Å². The molecule has 2 aromatic rings. The lowest BCUT2D eigenvalue weighted by molar-refractivity contribution is -0.120. The van der Waals surface area contributed by atoms with Crippen molar-refractivity contribution >= 4 is 16.7 Å². The molecule has 3 rings (SSSR count). The van der Waals surface area contributed by atoms with E-state index in [2.05, 4.69) is 10.4 Å². The molecule has 0 radical (unpaired) electrons. The normalized spacial score (nSPS) is 16.8. The predicted octanol–water partition coefficient (Wildman–Crippen LogP) is 1.93. The summed E-state index contributed by atoms with van der Waals surface area (Å²) < 4.78 is 26.8. The van der Waals surface area contributed by atoms with Crippen molar-refractivity contribution in [2.45, 2.75) is 36.8 Å². The molecular formula is C16H18FN3O2S. The second kappa shape index (κ2) is 6.62. The molecule has 2 atom stereocenters. The van der Waals surface area contributed by atoms with Gasteiger partial charge in [0, 0.05) is 23.0 Å². The predicted molar refractivity (Wildman–Crippen MR) is 86.0 cm³/mol. The maximum atomic E-state index is 12.9. The zero-order chi connectivity index (χ0) is 16.4. The number of hydrogen-bond donors (Lipinski definition) is 1. The third-order valence-corrected chi connectivity index (χ3v) is 5.30. The van der Waals surface area contributed by atoms with Crippen LogP contribution >= 0.6 is 0 Å². The van der Waals surface area contributed by atoms with Gasteiger partial charge in [0.05, 0.1) is 17.1 Å². The number of nitrogens with one attached hydrogen (secondary N) is 1. The first-order chi connectivity index (χ1) is 11.0. The topological polar surface area (TPSA) is 64.0 Å². The fourth-order valence-electron chi connectivity index (χ4n) is 2.11. The summed E-state index contributed by atoms with van der Waals surface area (Å²) in [5.41, 5.74) is 1.36. The molecule has 122 valence electrons. The fraction of sp³-hybridized carbons (Fsp3) is 0.375. The van der Waals surface area contributed by atoms with E-state index in [1.165, 1.54) is 12.1 Å². The summed E-state index contributed by atoms with van der Waals surface area (Å²) in [5, 5.41) is 6.63. The number of aromatic nitrogens is 2. The number of benzene rings is 1. The molecule has 1 fully saturated rings. The summed E-state index contributed by atoms with van der Waals surface area (Å²) in [6, 6.07) is 7.98. The Hall–Kier alpha value is -2.02. The largest absolute Gasteiger partial charge is 0.352 e. The highest BCUT2D eigenvalue weighted by Gasteiger charge is 2.28. The molecule has 0 saturated heterocycles. The van der Waals surface area contributed by atoms with Gasteiger partial charge in [-0.2, -0.15) is 5.10 Å². The standard InChI is InChI=1S/C16H18FN3O2S/c1-11(16(21)18-13-4-5-13)23(22)10-14-8-9-20(19-14)15-6-2-12(17)3-7-15/h2-3,6-9,11,13H,4-5,10H2,1H3,(H,18,21)/t11-,23-/m1/s1. The van der Waals surface area contributed by atoms with Gasteiger partial charge in [-0.15, -0.1) is 0 Å². The van der Waals surface area contributed by atoms with E-state index < -0.39 is 16.0 Å². The Bertz CT molecular complexity index is 725. The first-order valence-corrected chi connectivity index (χ1v) is 8.89. The van der Waals surface area contributed by atoms with Gasteiger partial charge in [-0.3, -0.25) is 9.00 Å². The molecule has 1 aromatic heterocycles. The summed E-state index contributed by atoms with van der Waals surface area (Å²) in [6.07, 6.45) is 3.75. The van der Waals surface area contributed by atoms with Crippen molar-refractivity contribution in [3.63, 3.8) is 0 Å². The van der Waals surface area contributed by atoms with Gasteiger partial charge in [-0.05, 0) is 50.1 Å². The molecule has 1 saturated carbocycles. The van der Waals surface area contributed by atoms with Crippen LogP contribution in [-0.2, 0) is 21.3 Å². The molecule has 5 nitrogen and oxygen atoms in total. The van der Waals surface area contributed by atoms with Gasteiger partial charge in [0.25, 0.3) is 0 Å². The van der Waals surface area contributed by atoms with E-state index >= 15 is 0 Å². The number of carbonyl (C=O) groups excluding carboxylic acids is 1. The van der Waals surface area contributed by atoms with E-state index in [4.69, 9.17) is 0 Å². The van der Waals surface area contributed by atoms with Gasteiger partial charge in [-0.25, -0.2) is 9.07 Å². The van der Waals surface area contributed by atoms with Gasteiger partial charge in [0.15, 0.2) is 0 Å². The Balaban J connectivity index is 1.62. The summed E-state index contributed by atoms with van der Waals surface area (Å²) in [4.78, 5) is 11.9. The summed E-state index contributed by atoms with van der Waals surface area (Å²) in [6.45, 7) is 1.67. The lowest BCUT2D eigenvalue weighted by Gasteiger charge is -2.10. The molecule has 1 N–H and O–H groups in total. The summed E-state index contributed by atoms with van der Waals surface area (Å²) >= 11 is 0. The van der Waals surface area contributed by atoms with Crippen LogP contribution in [0, 0.1) is 5.82 Å². The zero-order valence-corrected chi connectivity index (χ0v) is 13.6. The highest BCUT2D eigenvalue weighted by atomic mass is 32.2. The van der Waals surface area contributed by atoms with Gasteiger partial charge in [0.2, 0.25) is 5.91 Å². The van der Waals surface area contributed by atoms with Crippen molar-refractivity contribution in [3.8, 4) is 5.69 Å². The smallest absolute Gasteiger partial charge is 0.235 e. The van der Waals surface area contributed by atoms with Crippen LogP contribution in [0.4, 0.5) is 4.39 Å². The van der Waals surface area contributed by atoms with Crippen LogP contribution < -0.4 is 5.32 Å². The van der Waals surface area contributed by atoms with E-state index in [0.717, 1.165) is 18.5 Å². The maximum absolute atomic E-state index is 12.9. The van der Waals surface area contributed by atoms with Gasteiger partial charge < -0.3 is 5.32 Å². The van der Waals surface area contributed by atoms with Gasteiger partial charge in [0.1, 0.15) is 11.1 Å². The Kier molecular flexibility index (Phi) is 4.56. The summed E-state index contributed by atoms with van der Waals surface area (Å²) in [7, 11) is -1.33. The number of hydrogen-bond acceptors (Lipinski definition) is 3. The van der Waals surface area contributed by atoms with E-state index in [-0.39, 0.29) is 23.5 Å². The van der Waals surface area contributed by atoms with Gasteiger partial charge in [-0.1, -0.05) is 0 Å². The second-order valence-corrected chi connectivity index (χ2v) is 7.44. The number of carbonyl (C=O) groups is 1. The Morgan fingerprint density at radius 1 is 1.39 bits per heavy atom. The molecule has 1 aromatic carbocycles. The quantitative estimate of drug-likeness (QED) is 0.877. The molecule has 1 aliphatic carbocycles. The highest BCUT2D eigenvalue weighted by Crippen LogP contribution is 2.19. The number of nitrogens with zero attached hydrogens (tertiary/aromatic N) is 2. The van der Waals surface area contributed by atoms with Crippen LogP contribution in [0.1, 0.15) is 25.5 Å². The maximum Gasteiger partial charge on any atom is 0.235 e. The van der Waals surface area contributed by atoms with Crippen LogP contribution in [0.3, 0.4) is 0 Å². The molecule has 0 bridgehead atoms. The number of amides is 1. The average Bonchev–Trinajstić information content (AvgIpc) is 3.23. The Labute approximate surface area is 136 Å². The first-order valence-electron chi connectivity index (χ1n) is 7.51. The molecule has 0 aliphatic heterocycles. The van der Waals surface area contributed by atoms with Crippen molar-refractivity contribution in [2.75, 3.05) is 0 Å². The van der Waals surface area contributed by atoms with Crippen molar-refractivity contribution in [1.82, 2.24) is 15.1 Å². The van der Waals surface area contributed by atoms with Crippen molar-refractivity contribution < 1.29 is 13.4 Å². The van der Waals surface area contributed by atoms with Crippen LogP contribution in [0.2, 0.25) is 0 Å². The van der Waals surface area contributed by atoms with Crippen LogP contribution in [0.5, 0.6) is 0 Å². The number of rotatable bonds is 6. The lowest BCUT2D eigenvalue weighted by Crippen LogP contribution is -2.37. The first kappa shape index (κ1) is 15.9. The molecule has 1 aliphatic rings. The third-order valence-electron chi connectivity index (χ3n) is 3.71. The second-order valence-electron chi connectivity index (χ2n) is 5.68. The van der Waals surface area contributed by atoms with Crippen molar-refractivity contribution in [1.29, 1.82) is 0 Å². The minimum atomic E-state index is -1.33. The van der Waals surface area contributed by atoms with E-state index in [1.54, 1.807) is 36.0 Å². The van der Waals surface area contributed by atoms with Crippen LogP contribution in [0.25, 0.3) is 5.69 Å². The molecule has 23 heavy (non-hydrogen) atoms. The molecule has 1 heterocycles. The minimum absolute atomic E-state index is 0.163. The fourth-order valence-corrected chi connectivity index (χ4v) is 3.11. The third kappa shape index (κ3) is 4.04. The SMILES string of the molecule is C[C@H](C(=O)NC1CC1)[S@](=O)Cc1ccn(-c2ccc(F)cc2)n1.